The SMILES string of the molecule is CCOC(=O)c1ccc(OC(F)F)c2oc3c(Cl)nncc3c12. The van der Waals surface area contributed by atoms with Gasteiger partial charge in [0.2, 0.25) is 0 Å². The molecule has 2 heterocycles. The molecule has 0 aliphatic heterocycles. The number of benzene rings is 1. The molecule has 0 fully saturated rings. The monoisotopic (exact) mass is 342 g/mol. The summed E-state index contributed by atoms with van der Waals surface area (Å²) in [5, 5.41) is 7.83. The summed E-state index contributed by atoms with van der Waals surface area (Å²) in [6.45, 7) is -1.24. The third kappa shape index (κ3) is 2.65. The van der Waals surface area contributed by atoms with E-state index < -0.39 is 12.6 Å². The molecule has 0 spiro atoms. The first kappa shape index (κ1) is 15.4. The number of esters is 1. The standard InChI is InChI=1S/C14H9ClF2N2O4/c1-2-21-13(20)6-3-4-8(22-14(16)17)11-9(6)7-5-18-19-12(15)10(7)23-11/h3-5,14H,2H2,1H3. The van der Waals surface area contributed by atoms with E-state index in [-0.39, 0.29) is 39.6 Å². The van der Waals surface area contributed by atoms with Crippen LogP contribution in [0.3, 0.4) is 0 Å². The molecule has 0 saturated carbocycles. The van der Waals surface area contributed by atoms with E-state index in [0.717, 1.165) is 0 Å². The summed E-state index contributed by atoms with van der Waals surface area (Å²) in [7, 11) is 0. The van der Waals surface area contributed by atoms with Gasteiger partial charge in [-0.3, -0.25) is 0 Å². The highest BCUT2D eigenvalue weighted by Gasteiger charge is 2.23. The van der Waals surface area contributed by atoms with E-state index in [4.69, 9.17) is 20.8 Å². The normalized spacial score (nSPS) is 11.3. The molecule has 2 aromatic heterocycles. The van der Waals surface area contributed by atoms with Gasteiger partial charge >= 0.3 is 12.6 Å². The lowest BCUT2D eigenvalue weighted by atomic mass is 10.1. The molecule has 23 heavy (non-hydrogen) atoms. The van der Waals surface area contributed by atoms with Crippen LogP contribution in [0.4, 0.5) is 8.78 Å². The van der Waals surface area contributed by atoms with Crippen molar-refractivity contribution in [1.29, 1.82) is 0 Å². The molecule has 0 amide bonds. The van der Waals surface area contributed by atoms with E-state index >= 15 is 0 Å². The van der Waals surface area contributed by atoms with E-state index in [1.165, 1.54) is 18.3 Å². The van der Waals surface area contributed by atoms with E-state index in [9.17, 15) is 13.6 Å². The molecular formula is C14H9ClF2N2O4. The molecule has 3 rings (SSSR count). The van der Waals surface area contributed by atoms with Crippen molar-refractivity contribution in [3.8, 4) is 5.75 Å². The number of alkyl halides is 2. The largest absolute Gasteiger partial charge is 0.462 e. The highest BCUT2D eigenvalue weighted by molar-refractivity contribution is 6.34. The first-order valence-corrected chi connectivity index (χ1v) is 6.89. The molecule has 0 aliphatic carbocycles. The summed E-state index contributed by atoms with van der Waals surface area (Å²) in [6, 6.07) is 2.53. The highest BCUT2D eigenvalue weighted by atomic mass is 35.5. The molecule has 3 aromatic rings. The third-order valence-electron chi connectivity index (χ3n) is 3.07. The minimum Gasteiger partial charge on any atom is -0.462 e. The zero-order chi connectivity index (χ0) is 16.6. The Hall–Kier alpha value is -2.48. The second-order valence-corrected chi connectivity index (χ2v) is 4.75. The Bertz CT molecular complexity index is 897. The van der Waals surface area contributed by atoms with Gasteiger partial charge in [0.15, 0.2) is 22.1 Å². The van der Waals surface area contributed by atoms with Crippen LogP contribution in [0.1, 0.15) is 17.3 Å². The van der Waals surface area contributed by atoms with Crippen molar-refractivity contribution >= 4 is 39.5 Å². The summed E-state index contributed by atoms with van der Waals surface area (Å²) in [5.41, 5.74) is 0.196. The van der Waals surface area contributed by atoms with Crippen molar-refractivity contribution in [2.24, 2.45) is 0 Å². The zero-order valence-electron chi connectivity index (χ0n) is 11.7. The van der Waals surface area contributed by atoms with Gasteiger partial charge in [0.05, 0.1) is 23.8 Å². The number of nitrogens with zero attached hydrogens (tertiary/aromatic N) is 2. The number of carbonyl (C=O) groups excluding carboxylic acids is 1. The Labute approximate surface area is 132 Å². The molecule has 9 heteroatoms. The van der Waals surface area contributed by atoms with Gasteiger partial charge in [-0.2, -0.15) is 13.9 Å². The number of carbonyl (C=O) groups is 1. The first-order valence-electron chi connectivity index (χ1n) is 6.51. The average Bonchev–Trinajstić information content (AvgIpc) is 2.89. The van der Waals surface area contributed by atoms with Crippen molar-refractivity contribution in [3.63, 3.8) is 0 Å². The molecule has 1 aromatic carbocycles. The van der Waals surface area contributed by atoms with E-state index in [2.05, 4.69) is 14.9 Å². The van der Waals surface area contributed by atoms with Crippen molar-refractivity contribution in [2.75, 3.05) is 6.61 Å². The highest BCUT2D eigenvalue weighted by Crippen LogP contribution is 2.39. The topological polar surface area (TPSA) is 74.5 Å². The third-order valence-corrected chi connectivity index (χ3v) is 3.32. The Morgan fingerprint density at radius 1 is 1.39 bits per heavy atom. The molecule has 0 unspecified atom stereocenters. The number of ether oxygens (including phenoxy) is 2. The average molecular weight is 343 g/mol. The van der Waals surface area contributed by atoms with Crippen molar-refractivity contribution in [2.45, 2.75) is 13.5 Å². The maximum atomic E-state index is 12.6. The minimum absolute atomic E-state index is 0.0532. The van der Waals surface area contributed by atoms with Crippen LogP contribution in [-0.2, 0) is 4.74 Å². The second-order valence-electron chi connectivity index (χ2n) is 4.39. The Morgan fingerprint density at radius 3 is 2.87 bits per heavy atom. The summed E-state index contributed by atoms with van der Waals surface area (Å²) in [6.07, 6.45) is 1.32. The van der Waals surface area contributed by atoms with Gasteiger partial charge in [-0.15, -0.1) is 5.10 Å². The van der Waals surface area contributed by atoms with Gasteiger partial charge < -0.3 is 13.9 Å². The fourth-order valence-electron chi connectivity index (χ4n) is 2.23. The summed E-state index contributed by atoms with van der Waals surface area (Å²) >= 11 is 5.91. The molecule has 120 valence electrons. The minimum atomic E-state index is -3.05. The zero-order valence-corrected chi connectivity index (χ0v) is 12.4. The van der Waals surface area contributed by atoms with Crippen LogP contribution in [0.25, 0.3) is 21.9 Å². The molecule has 0 N–H and O–H groups in total. The molecule has 0 saturated heterocycles. The molecule has 6 nitrogen and oxygen atoms in total. The fraction of sp³-hybridized carbons (Fsp3) is 0.214. The second kappa shape index (κ2) is 5.96. The van der Waals surface area contributed by atoms with E-state index in [0.29, 0.717) is 5.39 Å². The number of furan rings is 1. The quantitative estimate of drug-likeness (QED) is 0.671. The van der Waals surface area contributed by atoms with Gasteiger partial charge in [0.1, 0.15) is 0 Å². The van der Waals surface area contributed by atoms with Gasteiger partial charge in [-0.1, -0.05) is 11.6 Å². The molecular weight excluding hydrogens is 334 g/mol. The van der Waals surface area contributed by atoms with Gasteiger partial charge in [0.25, 0.3) is 0 Å². The Kier molecular flexibility index (Phi) is 3.99. The van der Waals surface area contributed by atoms with Crippen LogP contribution in [-0.4, -0.2) is 29.4 Å². The van der Waals surface area contributed by atoms with Gasteiger partial charge in [-0.25, -0.2) is 4.79 Å². The number of aromatic nitrogens is 2. The van der Waals surface area contributed by atoms with Crippen LogP contribution in [0.2, 0.25) is 5.15 Å². The van der Waals surface area contributed by atoms with Gasteiger partial charge in [0, 0.05) is 5.39 Å². The number of hydrogen-bond acceptors (Lipinski definition) is 6. The van der Waals surface area contributed by atoms with Crippen molar-refractivity contribution < 1.29 is 27.5 Å². The number of fused-ring (bicyclic) bond motifs is 3. The number of hydrogen-bond donors (Lipinski definition) is 0. The Balaban J connectivity index is 2.36. The summed E-state index contributed by atoms with van der Waals surface area (Å²) < 4.78 is 40.0. The van der Waals surface area contributed by atoms with Crippen LogP contribution < -0.4 is 4.74 Å². The molecule has 0 radical (unpaired) electrons. The predicted molar refractivity (Wildman–Crippen MR) is 76.9 cm³/mol. The number of halogens is 3. The molecule has 0 aliphatic rings. The number of rotatable bonds is 4. The van der Waals surface area contributed by atoms with Gasteiger partial charge in [-0.05, 0) is 19.1 Å². The predicted octanol–water partition coefficient (Wildman–Crippen LogP) is 3.81. The molecule has 0 bridgehead atoms. The smallest absolute Gasteiger partial charge is 0.387 e. The Morgan fingerprint density at radius 2 is 2.17 bits per heavy atom. The summed E-state index contributed by atoms with van der Waals surface area (Å²) in [5.74, 6) is -0.855. The van der Waals surface area contributed by atoms with E-state index in [1.54, 1.807) is 6.92 Å². The van der Waals surface area contributed by atoms with Crippen LogP contribution >= 0.6 is 11.6 Å². The lowest BCUT2D eigenvalue weighted by Gasteiger charge is -2.07. The summed E-state index contributed by atoms with van der Waals surface area (Å²) in [4.78, 5) is 12.1. The lowest BCUT2D eigenvalue weighted by Crippen LogP contribution is -2.06. The van der Waals surface area contributed by atoms with E-state index in [1.807, 2.05) is 0 Å². The first-order chi connectivity index (χ1) is 11.0. The van der Waals surface area contributed by atoms with Crippen molar-refractivity contribution in [3.05, 3.63) is 29.0 Å². The maximum Gasteiger partial charge on any atom is 0.387 e. The van der Waals surface area contributed by atoms with Crippen LogP contribution in [0, 0.1) is 0 Å². The maximum absolute atomic E-state index is 12.6. The fourth-order valence-corrected chi connectivity index (χ4v) is 2.41. The van der Waals surface area contributed by atoms with Crippen LogP contribution in [0.15, 0.2) is 22.7 Å². The lowest BCUT2D eigenvalue weighted by molar-refractivity contribution is -0.0493. The molecule has 0 atom stereocenters. The van der Waals surface area contributed by atoms with Crippen LogP contribution in [0.5, 0.6) is 5.75 Å². The van der Waals surface area contributed by atoms with Crippen molar-refractivity contribution in [1.82, 2.24) is 10.2 Å².